The van der Waals surface area contributed by atoms with E-state index in [1.165, 1.54) is 5.56 Å². The van der Waals surface area contributed by atoms with Crippen LogP contribution in [0, 0.1) is 0 Å². The summed E-state index contributed by atoms with van der Waals surface area (Å²) in [5.74, 6) is 1.93. The summed E-state index contributed by atoms with van der Waals surface area (Å²) in [6.07, 6.45) is 3.55. The number of halogens is 1. The molecule has 0 saturated carbocycles. The van der Waals surface area contributed by atoms with Gasteiger partial charge in [-0.25, -0.2) is 4.99 Å². The van der Waals surface area contributed by atoms with Gasteiger partial charge in [-0.1, -0.05) is 19.1 Å². The van der Waals surface area contributed by atoms with Crippen molar-refractivity contribution in [2.45, 2.75) is 52.7 Å². The largest absolute Gasteiger partial charge is 0.494 e. The van der Waals surface area contributed by atoms with Crippen molar-refractivity contribution in [1.82, 2.24) is 10.2 Å². The molecule has 0 bridgehead atoms. The van der Waals surface area contributed by atoms with Gasteiger partial charge in [-0.15, -0.1) is 24.0 Å². The lowest BCUT2D eigenvalue weighted by Crippen LogP contribution is -2.47. The Morgan fingerprint density at radius 3 is 2.65 bits per heavy atom. The lowest BCUT2D eigenvalue weighted by molar-refractivity contribution is 0.0263. The van der Waals surface area contributed by atoms with Crippen molar-refractivity contribution in [3.63, 3.8) is 0 Å². The first-order valence-electron chi connectivity index (χ1n) is 9.63. The molecular weight excluding hydrogens is 441 g/mol. The number of rotatable bonds is 8. The molecule has 2 rings (SSSR count). The molecule has 1 saturated heterocycles. The summed E-state index contributed by atoms with van der Waals surface area (Å²) in [4.78, 5) is 7.18. The summed E-state index contributed by atoms with van der Waals surface area (Å²) in [6.45, 7) is 11.4. The van der Waals surface area contributed by atoms with Gasteiger partial charge < -0.3 is 19.7 Å². The lowest BCUT2D eigenvalue weighted by atomic mass is 10.1. The second kappa shape index (κ2) is 13.2. The highest BCUT2D eigenvalue weighted by Gasteiger charge is 2.21. The monoisotopic (exact) mass is 475 g/mol. The van der Waals surface area contributed by atoms with E-state index in [1.807, 2.05) is 12.1 Å². The van der Waals surface area contributed by atoms with E-state index in [-0.39, 0.29) is 24.0 Å². The number of guanidine groups is 1. The highest BCUT2D eigenvalue weighted by molar-refractivity contribution is 14.0. The maximum absolute atomic E-state index is 5.74. The third kappa shape index (κ3) is 7.70. The Bertz CT molecular complexity index is 532. The zero-order chi connectivity index (χ0) is 17.9. The van der Waals surface area contributed by atoms with Crippen LogP contribution in [0.5, 0.6) is 5.75 Å². The number of benzene rings is 1. The predicted octanol–water partition coefficient (Wildman–Crippen LogP) is 4.06. The summed E-state index contributed by atoms with van der Waals surface area (Å²) >= 11 is 0. The number of nitrogens with one attached hydrogen (secondary N) is 1. The Labute approximate surface area is 175 Å². The Hall–Kier alpha value is -1.02. The van der Waals surface area contributed by atoms with Gasteiger partial charge in [0.25, 0.3) is 0 Å². The van der Waals surface area contributed by atoms with Crippen LogP contribution in [0.25, 0.3) is 0 Å². The number of nitrogens with zero attached hydrogens (tertiary/aromatic N) is 2. The minimum absolute atomic E-state index is 0. The molecule has 5 nitrogen and oxygen atoms in total. The minimum atomic E-state index is 0. The van der Waals surface area contributed by atoms with Gasteiger partial charge >= 0.3 is 0 Å². The fraction of sp³-hybridized carbons (Fsp3) is 0.650. The lowest BCUT2D eigenvalue weighted by Gasteiger charge is -2.34. The molecule has 1 heterocycles. The van der Waals surface area contributed by atoms with Crippen molar-refractivity contribution in [2.24, 2.45) is 4.99 Å². The van der Waals surface area contributed by atoms with Crippen LogP contribution in [-0.4, -0.2) is 49.8 Å². The molecule has 1 aliphatic rings. The zero-order valence-corrected chi connectivity index (χ0v) is 18.7. The SMILES string of the molecule is CCCOc1cccc(CN=C(NCC)N2CCC(OCC)CC2)c1.I. The third-order valence-electron chi connectivity index (χ3n) is 4.26. The average molecular weight is 475 g/mol. The van der Waals surface area contributed by atoms with Crippen LogP contribution >= 0.6 is 24.0 Å². The van der Waals surface area contributed by atoms with Gasteiger partial charge in [-0.3, -0.25) is 0 Å². The third-order valence-corrected chi connectivity index (χ3v) is 4.26. The van der Waals surface area contributed by atoms with Gasteiger partial charge in [0.05, 0.1) is 19.3 Å². The van der Waals surface area contributed by atoms with Crippen molar-refractivity contribution in [1.29, 1.82) is 0 Å². The first kappa shape index (κ1) is 23.0. The van der Waals surface area contributed by atoms with E-state index < -0.39 is 0 Å². The normalized spacial score (nSPS) is 15.5. The molecule has 0 aromatic heterocycles. The Morgan fingerprint density at radius 2 is 2.00 bits per heavy atom. The molecule has 1 N–H and O–H groups in total. The van der Waals surface area contributed by atoms with Crippen molar-refractivity contribution >= 4 is 29.9 Å². The van der Waals surface area contributed by atoms with Gasteiger partial charge in [0.15, 0.2) is 5.96 Å². The molecule has 1 aromatic rings. The fourth-order valence-corrected chi connectivity index (χ4v) is 3.02. The molecule has 1 aliphatic heterocycles. The van der Waals surface area contributed by atoms with E-state index in [9.17, 15) is 0 Å². The van der Waals surface area contributed by atoms with Crippen molar-refractivity contribution in [3.8, 4) is 5.75 Å². The van der Waals surface area contributed by atoms with Crippen molar-refractivity contribution in [2.75, 3.05) is 32.8 Å². The molecule has 0 spiro atoms. The number of piperidine rings is 1. The van der Waals surface area contributed by atoms with E-state index in [1.54, 1.807) is 0 Å². The van der Waals surface area contributed by atoms with Crippen molar-refractivity contribution in [3.05, 3.63) is 29.8 Å². The smallest absolute Gasteiger partial charge is 0.194 e. The molecule has 0 radical (unpaired) electrons. The van der Waals surface area contributed by atoms with Crippen LogP contribution in [0.2, 0.25) is 0 Å². The molecule has 26 heavy (non-hydrogen) atoms. The quantitative estimate of drug-likeness (QED) is 0.350. The summed E-state index contributed by atoms with van der Waals surface area (Å²) in [6, 6.07) is 8.24. The second-order valence-electron chi connectivity index (χ2n) is 6.31. The molecule has 0 atom stereocenters. The number of hydrogen-bond acceptors (Lipinski definition) is 3. The first-order valence-corrected chi connectivity index (χ1v) is 9.63. The van der Waals surface area contributed by atoms with E-state index >= 15 is 0 Å². The predicted molar refractivity (Wildman–Crippen MR) is 119 cm³/mol. The van der Waals surface area contributed by atoms with E-state index in [0.29, 0.717) is 12.6 Å². The number of hydrogen-bond donors (Lipinski definition) is 1. The van der Waals surface area contributed by atoms with Crippen molar-refractivity contribution < 1.29 is 9.47 Å². The van der Waals surface area contributed by atoms with Crippen LogP contribution in [0.1, 0.15) is 45.6 Å². The van der Waals surface area contributed by atoms with Crippen LogP contribution in [0.4, 0.5) is 0 Å². The van der Waals surface area contributed by atoms with Gasteiger partial charge in [0.1, 0.15) is 5.75 Å². The highest BCUT2D eigenvalue weighted by atomic mass is 127. The van der Waals surface area contributed by atoms with Gasteiger partial charge in [-0.05, 0) is 50.8 Å². The van der Waals surface area contributed by atoms with Crippen LogP contribution in [0.3, 0.4) is 0 Å². The summed E-state index contributed by atoms with van der Waals surface area (Å²) in [7, 11) is 0. The minimum Gasteiger partial charge on any atom is -0.494 e. The van der Waals surface area contributed by atoms with Crippen LogP contribution < -0.4 is 10.1 Å². The molecule has 6 heteroatoms. The maximum Gasteiger partial charge on any atom is 0.194 e. The number of likely N-dealkylation sites (tertiary alicyclic amines) is 1. The summed E-state index contributed by atoms with van der Waals surface area (Å²) < 4.78 is 11.5. The van der Waals surface area contributed by atoms with Gasteiger partial charge in [-0.2, -0.15) is 0 Å². The molecule has 1 aromatic carbocycles. The average Bonchev–Trinajstić information content (AvgIpc) is 2.65. The molecular formula is C20H34IN3O2. The summed E-state index contributed by atoms with van der Waals surface area (Å²) in [5, 5.41) is 3.42. The standard InChI is InChI=1S/C20H33N3O2.HI/c1-4-14-25-19-9-7-8-17(15-19)16-22-20(21-5-2)23-12-10-18(11-13-23)24-6-3;/h7-9,15,18H,4-6,10-14,16H2,1-3H3,(H,21,22);1H. The van der Waals surface area contributed by atoms with Crippen LogP contribution in [0.15, 0.2) is 29.3 Å². The van der Waals surface area contributed by atoms with Crippen LogP contribution in [-0.2, 0) is 11.3 Å². The number of ether oxygens (including phenoxy) is 2. The molecule has 0 aliphatic carbocycles. The van der Waals surface area contributed by atoms with Gasteiger partial charge in [0.2, 0.25) is 0 Å². The first-order chi connectivity index (χ1) is 12.3. The van der Waals surface area contributed by atoms with E-state index in [4.69, 9.17) is 14.5 Å². The molecule has 1 fully saturated rings. The van der Waals surface area contributed by atoms with Gasteiger partial charge in [0, 0.05) is 26.2 Å². The second-order valence-corrected chi connectivity index (χ2v) is 6.31. The fourth-order valence-electron chi connectivity index (χ4n) is 3.02. The Morgan fingerprint density at radius 1 is 1.23 bits per heavy atom. The topological polar surface area (TPSA) is 46.1 Å². The van der Waals surface area contributed by atoms with E-state index in [0.717, 1.165) is 63.8 Å². The summed E-state index contributed by atoms with van der Waals surface area (Å²) in [5.41, 5.74) is 1.17. The molecule has 0 unspecified atom stereocenters. The Kier molecular flexibility index (Phi) is 11.7. The highest BCUT2D eigenvalue weighted by Crippen LogP contribution is 2.16. The maximum atomic E-state index is 5.74. The molecule has 148 valence electrons. The Balaban J connectivity index is 0.00000338. The van der Waals surface area contributed by atoms with E-state index in [2.05, 4.69) is 43.1 Å². The molecule has 0 amide bonds. The zero-order valence-electron chi connectivity index (χ0n) is 16.4. The number of aliphatic imine (C=N–C) groups is 1.